The van der Waals surface area contributed by atoms with Crippen molar-refractivity contribution in [3.8, 4) is 28.1 Å². The van der Waals surface area contributed by atoms with Crippen molar-refractivity contribution >= 4 is 35.2 Å². The van der Waals surface area contributed by atoms with Crippen LogP contribution in [0, 0.1) is 31.0 Å². The van der Waals surface area contributed by atoms with Crippen LogP contribution in [0.3, 0.4) is 0 Å². The number of rotatable bonds is 6. The molecule has 0 N–H and O–H groups in total. The van der Waals surface area contributed by atoms with Crippen LogP contribution < -0.4 is 4.74 Å². The summed E-state index contributed by atoms with van der Waals surface area (Å²) in [6.45, 7) is 6.79. The van der Waals surface area contributed by atoms with E-state index in [0.29, 0.717) is 22.1 Å². The zero-order valence-corrected chi connectivity index (χ0v) is 18.6. The Bertz CT molecular complexity index is 1150. The molecule has 30 heavy (non-hydrogen) atoms. The number of nitrogens with zero attached hydrogens (tertiary/aromatic N) is 4. The van der Waals surface area contributed by atoms with Gasteiger partial charge in [-0.2, -0.15) is 9.64 Å². The molecule has 0 unspecified atom stereocenters. The molecule has 1 aromatic heterocycles. The highest BCUT2D eigenvalue weighted by molar-refractivity contribution is 7.08. The second-order valence-corrected chi connectivity index (χ2v) is 7.90. The van der Waals surface area contributed by atoms with Crippen molar-refractivity contribution in [3.05, 3.63) is 57.9 Å². The molecule has 3 rings (SSSR count). The molecule has 5 nitrogen and oxygen atoms in total. The molecule has 0 amide bonds. The van der Waals surface area contributed by atoms with E-state index in [9.17, 15) is 9.65 Å². The number of nitriles is 1. The maximum atomic E-state index is 13.4. The Kier molecular flexibility index (Phi) is 6.70. The molecule has 154 valence electrons. The summed E-state index contributed by atoms with van der Waals surface area (Å²) in [4.78, 5) is 6.50. The monoisotopic (exact) mass is 442 g/mol. The van der Waals surface area contributed by atoms with E-state index in [0.717, 1.165) is 34.9 Å². The van der Waals surface area contributed by atoms with Gasteiger partial charge < -0.3 is 9.64 Å². The van der Waals surface area contributed by atoms with E-state index in [1.54, 1.807) is 6.34 Å². The highest BCUT2D eigenvalue weighted by Crippen LogP contribution is 2.40. The predicted octanol–water partition coefficient (Wildman–Crippen LogP) is 6.49. The van der Waals surface area contributed by atoms with Gasteiger partial charge in [-0.1, -0.05) is 11.6 Å². The van der Waals surface area contributed by atoms with Crippen LogP contribution in [0.1, 0.15) is 23.6 Å². The Morgan fingerprint density at radius 3 is 2.73 bits per heavy atom. The molecule has 1 heterocycles. The first-order valence-corrected chi connectivity index (χ1v) is 10.4. The van der Waals surface area contributed by atoms with E-state index in [-0.39, 0.29) is 10.6 Å². The van der Waals surface area contributed by atoms with Gasteiger partial charge in [0.2, 0.25) is 5.06 Å². The Morgan fingerprint density at radius 1 is 1.30 bits per heavy atom. The summed E-state index contributed by atoms with van der Waals surface area (Å²) in [5, 5.41) is 10.2. The third kappa shape index (κ3) is 4.61. The van der Waals surface area contributed by atoms with Crippen LogP contribution in [0.5, 0.6) is 10.8 Å². The molecule has 0 saturated heterocycles. The average Bonchev–Trinajstić information content (AvgIpc) is 3.11. The van der Waals surface area contributed by atoms with E-state index in [2.05, 4.69) is 22.4 Å². The summed E-state index contributed by atoms with van der Waals surface area (Å²) < 4.78 is 23.7. The molecule has 8 heteroatoms. The van der Waals surface area contributed by atoms with Crippen molar-refractivity contribution in [2.75, 3.05) is 13.6 Å². The topological polar surface area (TPSA) is 61.5 Å². The van der Waals surface area contributed by atoms with Gasteiger partial charge in [0.1, 0.15) is 28.9 Å². The van der Waals surface area contributed by atoms with Crippen LogP contribution in [0.2, 0.25) is 5.02 Å². The van der Waals surface area contributed by atoms with Crippen LogP contribution >= 0.6 is 23.1 Å². The number of aliphatic imine (C=N–C) groups is 1. The largest absolute Gasteiger partial charge is 0.443 e. The van der Waals surface area contributed by atoms with E-state index >= 15 is 0 Å². The van der Waals surface area contributed by atoms with Gasteiger partial charge in [-0.05, 0) is 62.2 Å². The van der Waals surface area contributed by atoms with E-state index in [4.69, 9.17) is 16.3 Å². The van der Waals surface area contributed by atoms with Crippen molar-refractivity contribution in [2.45, 2.75) is 20.8 Å². The van der Waals surface area contributed by atoms with E-state index < -0.39 is 5.82 Å². The van der Waals surface area contributed by atoms with Crippen LogP contribution in [-0.2, 0) is 0 Å². The standard InChI is InChI=1S/C22H20ClFN4OS/c1-5-28(4)12-26-19-8-14(3)20(9-13(19)2)29-22-17(11-25)21(27-30-22)16-7-6-15(24)10-18(16)23/h6-10,12H,5H2,1-4H3/b26-12-. The quantitative estimate of drug-likeness (QED) is 0.323. The molecule has 0 atom stereocenters. The minimum absolute atomic E-state index is 0.189. The Hall–Kier alpha value is -2.95. The highest BCUT2D eigenvalue weighted by Gasteiger charge is 2.20. The Labute approximate surface area is 184 Å². The van der Waals surface area contributed by atoms with Crippen molar-refractivity contribution in [1.29, 1.82) is 5.26 Å². The van der Waals surface area contributed by atoms with Gasteiger partial charge in [0, 0.05) is 30.7 Å². The fourth-order valence-electron chi connectivity index (χ4n) is 2.67. The maximum absolute atomic E-state index is 13.4. The minimum atomic E-state index is -0.451. The fraction of sp³-hybridized carbons (Fsp3) is 0.227. The van der Waals surface area contributed by atoms with Crippen molar-refractivity contribution in [2.24, 2.45) is 4.99 Å². The number of aromatic nitrogens is 1. The predicted molar refractivity (Wildman–Crippen MR) is 120 cm³/mol. The van der Waals surface area contributed by atoms with Gasteiger partial charge in [-0.3, -0.25) is 0 Å². The van der Waals surface area contributed by atoms with E-state index in [1.165, 1.54) is 18.2 Å². The van der Waals surface area contributed by atoms with Crippen molar-refractivity contribution in [1.82, 2.24) is 9.27 Å². The smallest absolute Gasteiger partial charge is 0.218 e. The zero-order chi connectivity index (χ0) is 21.8. The fourth-order valence-corrected chi connectivity index (χ4v) is 3.66. The van der Waals surface area contributed by atoms with Gasteiger partial charge >= 0.3 is 0 Å². The normalized spacial score (nSPS) is 11.0. The first-order chi connectivity index (χ1) is 14.3. The number of hydrogen-bond acceptors (Lipinski definition) is 5. The second-order valence-electron chi connectivity index (χ2n) is 6.75. The lowest BCUT2D eigenvalue weighted by Crippen LogP contribution is -2.14. The molecule has 3 aromatic rings. The molecule has 0 aliphatic carbocycles. The molecular weight excluding hydrogens is 423 g/mol. The minimum Gasteiger partial charge on any atom is -0.443 e. The number of benzene rings is 2. The number of ether oxygens (including phenoxy) is 1. The molecule has 0 spiro atoms. The third-order valence-corrected chi connectivity index (χ3v) is 5.59. The molecule has 0 aliphatic heterocycles. The van der Waals surface area contributed by atoms with Crippen LogP contribution in [0.25, 0.3) is 11.3 Å². The summed E-state index contributed by atoms with van der Waals surface area (Å²) in [5.41, 5.74) is 3.80. The number of aryl methyl sites for hydroxylation is 2. The Morgan fingerprint density at radius 2 is 2.07 bits per heavy atom. The van der Waals surface area contributed by atoms with Crippen LogP contribution in [0.4, 0.5) is 10.1 Å². The molecule has 0 radical (unpaired) electrons. The summed E-state index contributed by atoms with van der Waals surface area (Å²) in [7, 11) is 1.96. The van der Waals surface area contributed by atoms with Gasteiger partial charge in [-0.15, -0.1) is 0 Å². The molecule has 0 bridgehead atoms. The molecule has 0 saturated carbocycles. The van der Waals surface area contributed by atoms with Gasteiger partial charge in [0.15, 0.2) is 0 Å². The lowest BCUT2D eigenvalue weighted by molar-refractivity contribution is 0.491. The lowest BCUT2D eigenvalue weighted by Gasteiger charge is -2.12. The maximum Gasteiger partial charge on any atom is 0.218 e. The first-order valence-electron chi connectivity index (χ1n) is 9.22. The highest BCUT2D eigenvalue weighted by atomic mass is 35.5. The van der Waals surface area contributed by atoms with Crippen molar-refractivity contribution in [3.63, 3.8) is 0 Å². The summed E-state index contributed by atoms with van der Waals surface area (Å²) in [6, 6.07) is 9.94. The van der Waals surface area contributed by atoms with Gasteiger partial charge in [0.05, 0.1) is 17.0 Å². The van der Waals surface area contributed by atoms with E-state index in [1.807, 2.05) is 37.9 Å². The molecule has 0 fully saturated rings. The van der Waals surface area contributed by atoms with Crippen LogP contribution in [-0.4, -0.2) is 29.2 Å². The Balaban J connectivity index is 1.94. The first kappa shape index (κ1) is 21.8. The van der Waals surface area contributed by atoms with Crippen LogP contribution in [0.15, 0.2) is 35.3 Å². The van der Waals surface area contributed by atoms with Gasteiger partial charge in [-0.25, -0.2) is 9.38 Å². The molecule has 2 aromatic carbocycles. The zero-order valence-electron chi connectivity index (χ0n) is 17.0. The summed E-state index contributed by atoms with van der Waals surface area (Å²) in [5.74, 6) is 0.167. The summed E-state index contributed by atoms with van der Waals surface area (Å²) in [6.07, 6.45) is 1.79. The second kappa shape index (κ2) is 9.24. The summed E-state index contributed by atoms with van der Waals surface area (Å²) >= 11 is 7.20. The SMILES string of the molecule is CCN(C)/C=N\c1cc(C)c(Oc2snc(-c3ccc(F)cc3Cl)c2C#N)cc1C. The lowest BCUT2D eigenvalue weighted by atomic mass is 10.1. The number of hydrogen-bond donors (Lipinski definition) is 0. The van der Waals surface area contributed by atoms with Gasteiger partial charge in [0.25, 0.3) is 0 Å². The third-order valence-electron chi connectivity index (χ3n) is 4.55. The number of halogens is 2. The average molecular weight is 443 g/mol. The van der Waals surface area contributed by atoms with Crippen molar-refractivity contribution < 1.29 is 9.13 Å². The molecular formula is C22H20ClFN4OS. The molecule has 0 aliphatic rings.